The fourth-order valence-corrected chi connectivity index (χ4v) is 3.47. The van der Waals surface area contributed by atoms with Gasteiger partial charge in [-0.2, -0.15) is 11.8 Å². The van der Waals surface area contributed by atoms with E-state index in [9.17, 15) is 4.79 Å². The van der Waals surface area contributed by atoms with Crippen molar-refractivity contribution in [1.82, 2.24) is 0 Å². The summed E-state index contributed by atoms with van der Waals surface area (Å²) in [6.07, 6.45) is 3.79. The third kappa shape index (κ3) is 3.11. The number of Topliss-reactive ketones (excluding diaryl/α,β-unsaturated/α-hetero) is 1. The largest absolute Gasteiger partial charge is 0.300 e. The van der Waals surface area contributed by atoms with E-state index in [1.807, 2.05) is 17.8 Å². The third-order valence-corrected chi connectivity index (χ3v) is 4.69. The summed E-state index contributed by atoms with van der Waals surface area (Å²) in [5.74, 6) is 1.46. The zero-order chi connectivity index (χ0) is 11.4. The summed E-state index contributed by atoms with van der Waals surface area (Å²) >= 11 is 1.94. The van der Waals surface area contributed by atoms with Crippen molar-refractivity contribution < 1.29 is 4.79 Å². The van der Waals surface area contributed by atoms with Crippen LogP contribution in [0.2, 0.25) is 0 Å². The average Bonchev–Trinajstić information content (AvgIpc) is 2.28. The molecular formula is C14H18OS. The average molecular weight is 234 g/mol. The van der Waals surface area contributed by atoms with Gasteiger partial charge in [-0.15, -0.1) is 0 Å². The van der Waals surface area contributed by atoms with Crippen LogP contribution in [0.15, 0.2) is 30.3 Å². The highest BCUT2D eigenvalue weighted by molar-refractivity contribution is 7.99. The van der Waals surface area contributed by atoms with Gasteiger partial charge in [-0.05, 0) is 25.3 Å². The topological polar surface area (TPSA) is 17.1 Å². The van der Waals surface area contributed by atoms with E-state index in [1.54, 1.807) is 0 Å². The highest BCUT2D eigenvalue weighted by Crippen LogP contribution is 2.39. The van der Waals surface area contributed by atoms with E-state index in [1.165, 1.54) is 12.0 Å². The highest BCUT2D eigenvalue weighted by Gasteiger charge is 2.31. The second-order valence-corrected chi connectivity index (χ2v) is 6.36. The number of hydrogen-bond acceptors (Lipinski definition) is 2. The predicted molar refractivity (Wildman–Crippen MR) is 69.6 cm³/mol. The van der Waals surface area contributed by atoms with Gasteiger partial charge in [-0.25, -0.2) is 0 Å². The van der Waals surface area contributed by atoms with E-state index >= 15 is 0 Å². The number of thioether (sulfide) groups is 1. The number of rotatable bonds is 3. The molecule has 1 aliphatic carbocycles. The summed E-state index contributed by atoms with van der Waals surface area (Å²) in [7, 11) is 0. The quantitative estimate of drug-likeness (QED) is 0.791. The van der Waals surface area contributed by atoms with Gasteiger partial charge in [-0.3, -0.25) is 4.79 Å². The van der Waals surface area contributed by atoms with Crippen LogP contribution >= 0.6 is 11.8 Å². The van der Waals surface area contributed by atoms with Crippen LogP contribution in [-0.2, 0) is 10.5 Å². The summed E-state index contributed by atoms with van der Waals surface area (Å²) < 4.78 is 0.172. The first-order chi connectivity index (χ1) is 7.68. The molecule has 16 heavy (non-hydrogen) atoms. The molecule has 0 saturated heterocycles. The number of ketones is 1. The third-order valence-electron chi connectivity index (χ3n) is 3.16. The molecule has 0 radical (unpaired) electrons. The fourth-order valence-electron chi connectivity index (χ4n) is 2.21. The molecule has 2 heteroatoms. The van der Waals surface area contributed by atoms with Crippen molar-refractivity contribution in [2.75, 3.05) is 0 Å². The molecule has 1 atom stereocenters. The Morgan fingerprint density at radius 2 is 2.06 bits per heavy atom. The molecule has 0 aliphatic heterocycles. The molecule has 1 aromatic rings. The van der Waals surface area contributed by atoms with E-state index < -0.39 is 0 Å². The monoisotopic (exact) mass is 234 g/mol. The molecule has 1 fully saturated rings. The second kappa shape index (κ2) is 5.05. The second-order valence-electron chi connectivity index (χ2n) is 4.79. The van der Waals surface area contributed by atoms with Crippen molar-refractivity contribution in [1.29, 1.82) is 0 Å². The van der Waals surface area contributed by atoms with Crippen LogP contribution in [0.25, 0.3) is 0 Å². The van der Waals surface area contributed by atoms with E-state index in [-0.39, 0.29) is 4.75 Å². The summed E-state index contributed by atoms with van der Waals surface area (Å²) in [6, 6.07) is 10.5. The van der Waals surface area contributed by atoms with Crippen molar-refractivity contribution in [3.8, 4) is 0 Å². The Hall–Kier alpha value is -0.760. The first kappa shape index (κ1) is 11.7. The summed E-state index contributed by atoms with van der Waals surface area (Å²) in [4.78, 5) is 11.5. The first-order valence-corrected chi connectivity index (χ1v) is 6.86. The minimum Gasteiger partial charge on any atom is -0.300 e. The zero-order valence-electron chi connectivity index (χ0n) is 9.74. The molecular weight excluding hydrogens is 216 g/mol. The van der Waals surface area contributed by atoms with Crippen molar-refractivity contribution in [3.05, 3.63) is 35.9 Å². The Morgan fingerprint density at radius 3 is 2.75 bits per heavy atom. The van der Waals surface area contributed by atoms with Crippen LogP contribution < -0.4 is 0 Å². The van der Waals surface area contributed by atoms with Gasteiger partial charge in [0.15, 0.2) is 0 Å². The molecule has 0 bridgehead atoms. The molecule has 86 valence electrons. The number of carbonyl (C=O) groups is 1. The summed E-state index contributed by atoms with van der Waals surface area (Å²) in [5.41, 5.74) is 1.35. The lowest BCUT2D eigenvalue weighted by Crippen LogP contribution is -2.29. The van der Waals surface area contributed by atoms with Gasteiger partial charge in [-0.1, -0.05) is 30.3 Å². The number of hydrogen-bond donors (Lipinski definition) is 0. The number of benzene rings is 1. The van der Waals surface area contributed by atoms with Crippen molar-refractivity contribution in [2.24, 2.45) is 0 Å². The van der Waals surface area contributed by atoms with Gasteiger partial charge >= 0.3 is 0 Å². The Morgan fingerprint density at radius 1 is 1.31 bits per heavy atom. The Kier molecular flexibility index (Phi) is 3.70. The van der Waals surface area contributed by atoms with Crippen LogP contribution in [0.5, 0.6) is 0 Å². The van der Waals surface area contributed by atoms with Crippen LogP contribution in [0.4, 0.5) is 0 Å². The molecule has 0 spiro atoms. The summed E-state index contributed by atoms with van der Waals surface area (Å²) in [5, 5.41) is 0. The Bertz CT molecular complexity index is 360. The Balaban J connectivity index is 1.91. The van der Waals surface area contributed by atoms with Gasteiger partial charge < -0.3 is 0 Å². The van der Waals surface area contributed by atoms with Crippen LogP contribution in [0.3, 0.4) is 0 Å². The van der Waals surface area contributed by atoms with Gasteiger partial charge in [0.05, 0.1) is 0 Å². The normalized spacial score (nSPS) is 25.7. The van der Waals surface area contributed by atoms with Crippen molar-refractivity contribution in [3.63, 3.8) is 0 Å². The van der Waals surface area contributed by atoms with E-state index in [0.717, 1.165) is 25.0 Å². The van der Waals surface area contributed by atoms with E-state index in [2.05, 4.69) is 31.2 Å². The fraction of sp³-hybridized carbons (Fsp3) is 0.500. The molecule has 1 aromatic carbocycles. The SMILES string of the molecule is CC1(SCc2ccccc2)CCCC(=O)C1. The van der Waals surface area contributed by atoms with Crippen LogP contribution in [0.1, 0.15) is 38.2 Å². The maximum absolute atomic E-state index is 11.5. The molecule has 1 nitrogen and oxygen atoms in total. The van der Waals surface area contributed by atoms with Crippen molar-refractivity contribution >= 4 is 17.5 Å². The predicted octanol–water partition coefficient (Wildman–Crippen LogP) is 3.82. The lowest BCUT2D eigenvalue weighted by molar-refractivity contribution is -0.120. The molecule has 1 aliphatic rings. The van der Waals surface area contributed by atoms with Gasteiger partial charge in [0.25, 0.3) is 0 Å². The minimum atomic E-state index is 0.172. The molecule has 0 N–H and O–H groups in total. The smallest absolute Gasteiger partial charge is 0.134 e. The molecule has 0 aromatic heterocycles. The van der Waals surface area contributed by atoms with Gasteiger partial charge in [0.1, 0.15) is 5.78 Å². The number of carbonyl (C=O) groups excluding carboxylic acids is 1. The van der Waals surface area contributed by atoms with Gasteiger partial charge in [0, 0.05) is 23.3 Å². The molecule has 1 unspecified atom stereocenters. The standard InChI is InChI=1S/C14H18OS/c1-14(9-5-8-13(15)10-14)16-11-12-6-3-2-4-7-12/h2-4,6-7H,5,8-11H2,1H3. The maximum atomic E-state index is 11.5. The zero-order valence-corrected chi connectivity index (χ0v) is 10.6. The minimum absolute atomic E-state index is 0.172. The molecule has 0 amide bonds. The molecule has 2 rings (SSSR count). The van der Waals surface area contributed by atoms with Crippen LogP contribution in [-0.4, -0.2) is 10.5 Å². The lowest BCUT2D eigenvalue weighted by atomic mass is 9.89. The van der Waals surface area contributed by atoms with E-state index in [4.69, 9.17) is 0 Å². The Labute approximate surface area is 102 Å². The maximum Gasteiger partial charge on any atom is 0.134 e. The van der Waals surface area contributed by atoms with Crippen LogP contribution in [0, 0.1) is 0 Å². The summed E-state index contributed by atoms with van der Waals surface area (Å²) in [6.45, 7) is 2.23. The molecule has 0 heterocycles. The lowest BCUT2D eigenvalue weighted by Gasteiger charge is -2.32. The molecule has 1 saturated carbocycles. The highest BCUT2D eigenvalue weighted by atomic mass is 32.2. The van der Waals surface area contributed by atoms with Crippen molar-refractivity contribution in [2.45, 2.75) is 43.1 Å². The van der Waals surface area contributed by atoms with E-state index in [0.29, 0.717) is 5.78 Å². The first-order valence-electron chi connectivity index (χ1n) is 5.88. The van der Waals surface area contributed by atoms with Gasteiger partial charge in [0.2, 0.25) is 0 Å².